The maximum atomic E-state index is 12.1. The molecule has 1 N–H and O–H groups in total. The largest absolute Gasteiger partial charge is 0.497 e. The first-order valence-corrected chi connectivity index (χ1v) is 8.44. The molecule has 0 fully saturated rings. The summed E-state index contributed by atoms with van der Waals surface area (Å²) in [7, 11) is 1.62. The number of carbonyl (C=O) groups is 1. The molecule has 3 aromatic rings. The minimum absolute atomic E-state index is 0.0236. The van der Waals surface area contributed by atoms with Crippen molar-refractivity contribution in [3.05, 3.63) is 90.0 Å². The fourth-order valence-electron chi connectivity index (χ4n) is 2.54. The van der Waals surface area contributed by atoms with E-state index < -0.39 is 0 Å². The lowest BCUT2D eigenvalue weighted by Crippen LogP contribution is -2.24. The molecule has 0 aliphatic carbocycles. The summed E-state index contributed by atoms with van der Waals surface area (Å²) < 4.78 is 10.9. The second-order valence-corrected chi connectivity index (χ2v) is 5.86. The number of benzene rings is 3. The minimum Gasteiger partial charge on any atom is -0.497 e. The third kappa shape index (κ3) is 5.11. The maximum absolute atomic E-state index is 12.1. The third-order valence-corrected chi connectivity index (χ3v) is 3.89. The monoisotopic (exact) mass is 347 g/mol. The lowest BCUT2D eigenvalue weighted by atomic mass is 10.1. The average molecular weight is 347 g/mol. The molecule has 0 saturated carbocycles. The van der Waals surface area contributed by atoms with Crippen molar-refractivity contribution in [1.82, 2.24) is 5.32 Å². The van der Waals surface area contributed by atoms with Crippen LogP contribution in [0.4, 0.5) is 0 Å². The Bertz CT molecular complexity index is 845. The highest BCUT2D eigenvalue weighted by atomic mass is 16.5. The van der Waals surface area contributed by atoms with E-state index in [-0.39, 0.29) is 5.91 Å². The van der Waals surface area contributed by atoms with Gasteiger partial charge in [0.2, 0.25) is 5.91 Å². The predicted octanol–water partition coefficient (Wildman–Crippen LogP) is 4.35. The van der Waals surface area contributed by atoms with Crippen molar-refractivity contribution < 1.29 is 14.3 Å². The fourth-order valence-corrected chi connectivity index (χ4v) is 2.54. The quantitative estimate of drug-likeness (QED) is 0.691. The molecule has 0 radical (unpaired) electrons. The van der Waals surface area contributed by atoms with Crippen LogP contribution in [-0.2, 0) is 17.8 Å². The maximum Gasteiger partial charge on any atom is 0.224 e. The molecular weight excluding hydrogens is 326 g/mol. The highest BCUT2D eigenvalue weighted by Crippen LogP contribution is 2.21. The Balaban J connectivity index is 1.53. The SMILES string of the molecule is COc1ccc(CC(=O)NCc2cccc(Oc3ccccc3)c2)cc1. The molecule has 0 unspecified atom stereocenters. The first kappa shape index (κ1) is 17.5. The smallest absolute Gasteiger partial charge is 0.224 e. The molecule has 0 heterocycles. The molecule has 3 aromatic carbocycles. The van der Waals surface area contributed by atoms with Gasteiger partial charge in [-0.3, -0.25) is 4.79 Å². The molecule has 4 nitrogen and oxygen atoms in total. The second kappa shape index (κ2) is 8.72. The van der Waals surface area contributed by atoms with Crippen LogP contribution in [0.15, 0.2) is 78.9 Å². The van der Waals surface area contributed by atoms with Crippen molar-refractivity contribution >= 4 is 5.91 Å². The third-order valence-electron chi connectivity index (χ3n) is 3.89. The van der Waals surface area contributed by atoms with E-state index in [0.29, 0.717) is 13.0 Å². The molecule has 26 heavy (non-hydrogen) atoms. The topological polar surface area (TPSA) is 47.6 Å². The van der Waals surface area contributed by atoms with Gasteiger partial charge in [-0.1, -0.05) is 42.5 Å². The summed E-state index contributed by atoms with van der Waals surface area (Å²) in [6, 6.07) is 24.8. The summed E-state index contributed by atoms with van der Waals surface area (Å²) >= 11 is 0. The van der Waals surface area contributed by atoms with Gasteiger partial charge in [-0.15, -0.1) is 0 Å². The van der Waals surface area contributed by atoms with Crippen molar-refractivity contribution in [1.29, 1.82) is 0 Å². The van der Waals surface area contributed by atoms with Crippen LogP contribution >= 0.6 is 0 Å². The summed E-state index contributed by atoms with van der Waals surface area (Å²) in [5, 5.41) is 2.94. The molecule has 132 valence electrons. The van der Waals surface area contributed by atoms with Crippen molar-refractivity contribution in [3.8, 4) is 17.2 Å². The van der Waals surface area contributed by atoms with E-state index in [9.17, 15) is 4.79 Å². The van der Waals surface area contributed by atoms with Crippen LogP contribution in [0, 0.1) is 0 Å². The number of nitrogens with one attached hydrogen (secondary N) is 1. The molecule has 0 aliphatic rings. The minimum atomic E-state index is -0.0236. The van der Waals surface area contributed by atoms with Crippen LogP contribution in [0.1, 0.15) is 11.1 Å². The van der Waals surface area contributed by atoms with Gasteiger partial charge in [0.25, 0.3) is 0 Å². The highest BCUT2D eigenvalue weighted by molar-refractivity contribution is 5.78. The summed E-state index contributed by atoms with van der Waals surface area (Å²) in [6.45, 7) is 0.459. The van der Waals surface area contributed by atoms with E-state index in [1.54, 1.807) is 7.11 Å². The van der Waals surface area contributed by atoms with Gasteiger partial charge in [0.05, 0.1) is 13.5 Å². The van der Waals surface area contributed by atoms with E-state index in [1.807, 2.05) is 78.9 Å². The summed E-state index contributed by atoms with van der Waals surface area (Å²) in [4.78, 5) is 12.1. The van der Waals surface area contributed by atoms with Crippen LogP contribution in [-0.4, -0.2) is 13.0 Å². The summed E-state index contributed by atoms with van der Waals surface area (Å²) in [6.07, 6.45) is 0.338. The van der Waals surface area contributed by atoms with Crippen molar-refractivity contribution in [2.24, 2.45) is 0 Å². The first-order valence-electron chi connectivity index (χ1n) is 8.44. The van der Waals surface area contributed by atoms with Gasteiger partial charge < -0.3 is 14.8 Å². The van der Waals surface area contributed by atoms with E-state index in [4.69, 9.17) is 9.47 Å². The van der Waals surface area contributed by atoms with Gasteiger partial charge in [0, 0.05) is 6.54 Å². The zero-order valence-electron chi connectivity index (χ0n) is 14.6. The predicted molar refractivity (Wildman–Crippen MR) is 102 cm³/mol. The van der Waals surface area contributed by atoms with Crippen LogP contribution < -0.4 is 14.8 Å². The van der Waals surface area contributed by atoms with Crippen LogP contribution in [0.2, 0.25) is 0 Å². The Hall–Kier alpha value is -3.27. The molecule has 0 bridgehead atoms. The van der Waals surface area contributed by atoms with Gasteiger partial charge in [-0.2, -0.15) is 0 Å². The van der Waals surface area contributed by atoms with Crippen molar-refractivity contribution in [2.75, 3.05) is 7.11 Å². The molecule has 4 heteroatoms. The van der Waals surface area contributed by atoms with E-state index in [0.717, 1.165) is 28.4 Å². The number of methoxy groups -OCH3 is 1. The van der Waals surface area contributed by atoms with Gasteiger partial charge in [-0.25, -0.2) is 0 Å². The number of amides is 1. The van der Waals surface area contributed by atoms with Gasteiger partial charge >= 0.3 is 0 Å². The van der Waals surface area contributed by atoms with Crippen LogP contribution in [0.25, 0.3) is 0 Å². The lowest BCUT2D eigenvalue weighted by Gasteiger charge is -2.09. The zero-order valence-corrected chi connectivity index (χ0v) is 14.6. The Kier molecular flexibility index (Phi) is 5.88. The molecule has 0 spiro atoms. The Labute approximate surface area is 153 Å². The highest BCUT2D eigenvalue weighted by Gasteiger charge is 2.05. The van der Waals surface area contributed by atoms with Gasteiger partial charge in [0.1, 0.15) is 17.2 Å². The number of hydrogen-bond donors (Lipinski definition) is 1. The zero-order chi connectivity index (χ0) is 18.2. The number of rotatable bonds is 7. The molecule has 0 aromatic heterocycles. The summed E-state index contributed by atoms with van der Waals surface area (Å²) in [5.74, 6) is 2.29. The normalized spacial score (nSPS) is 10.2. The fraction of sp³-hybridized carbons (Fsp3) is 0.136. The molecule has 0 aliphatic heterocycles. The standard InChI is InChI=1S/C22H21NO3/c1-25-19-12-10-17(11-13-19)15-22(24)23-16-18-6-5-9-21(14-18)26-20-7-3-2-4-8-20/h2-14H,15-16H2,1H3,(H,23,24). The van der Waals surface area contributed by atoms with E-state index in [2.05, 4.69) is 5.32 Å². The Morgan fingerprint density at radius 1 is 0.808 bits per heavy atom. The Morgan fingerprint density at radius 2 is 1.54 bits per heavy atom. The molecule has 0 saturated heterocycles. The number of hydrogen-bond acceptors (Lipinski definition) is 3. The van der Waals surface area contributed by atoms with Gasteiger partial charge in [-0.05, 0) is 47.5 Å². The Morgan fingerprint density at radius 3 is 2.27 bits per heavy atom. The number of para-hydroxylation sites is 1. The molecule has 1 amide bonds. The first-order chi connectivity index (χ1) is 12.7. The lowest BCUT2D eigenvalue weighted by molar-refractivity contribution is -0.120. The van der Waals surface area contributed by atoms with Crippen molar-refractivity contribution in [2.45, 2.75) is 13.0 Å². The van der Waals surface area contributed by atoms with E-state index in [1.165, 1.54) is 0 Å². The van der Waals surface area contributed by atoms with Crippen LogP contribution in [0.3, 0.4) is 0 Å². The van der Waals surface area contributed by atoms with E-state index >= 15 is 0 Å². The average Bonchev–Trinajstić information content (AvgIpc) is 2.68. The van der Waals surface area contributed by atoms with Crippen LogP contribution in [0.5, 0.6) is 17.2 Å². The molecule has 3 rings (SSSR count). The number of ether oxygens (including phenoxy) is 2. The number of carbonyl (C=O) groups excluding carboxylic acids is 1. The second-order valence-electron chi connectivity index (χ2n) is 5.86. The molecular formula is C22H21NO3. The molecule has 0 atom stereocenters. The van der Waals surface area contributed by atoms with Gasteiger partial charge in [0.15, 0.2) is 0 Å². The summed E-state index contributed by atoms with van der Waals surface area (Å²) in [5.41, 5.74) is 1.94. The van der Waals surface area contributed by atoms with Crippen molar-refractivity contribution in [3.63, 3.8) is 0 Å².